The maximum absolute atomic E-state index is 13.5. The van der Waals surface area contributed by atoms with Crippen LogP contribution < -0.4 is 15.2 Å². The third kappa shape index (κ3) is 6.18. The number of esters is 1. The number of carbonyl (C=O) groups is 2. The molecule has 2 aromatic carbocycles. The number of ether oxygens (including phenoxy) is 3. The molecule has 172 valence electrons. The summed E-state index contributed by atoms with van der Waals surface area (Å²) in [5.41, 5.74) is 7.01. The van der Waals surface area contributed by atoms with Gasteiger partial charge in [0.2, 0.25) is 0 Å². The second kappa shape index (κ2) is 12.0. The quantitative estimate of drug-likeness (QED) is 0.206. The van der Waals surface area contributed by atoms with Gasteiger partial charge in [0.25, 0.3) is 5.91 Å². The van der Waals surface area contributed by atoms with Gasteiger partial charge in [0.05, 0.1) is 32.1 Å². The Morgan fingerprint density at radius 3 is 2.61 bits per heavy atom. The molecule has 8 heteroatoms. The lowest BCUT2D eigenvalue weighted by atomic mass is 10.0. The summed E-state index contributed by atoms with van der Waals surface area (Å²) in [6, 6.07) is 9.55. The Bertz CT molecular complexity index is 1130. The van der Waals surface area contributed by atoms with Crippen LogP contribution in [0.5, 0.6) is 11.5 Å². The van der Waals surface area contributed by atoms with E-state index in [-0.39, 0.29) is 42.1 Å². The second-order valence-corrected chi connectivity index (χ2v) is 6.75. The van der Waals surface area contributed by atoms with Crippen molar-refractivity contribution in [2.75, 3.05) is 33.1 Å². The number of rotatable bonds is 9. The monoisotopic (exact) mass is 452 g/mol. The van der Waals surface area contributed by atoms with Crippen LogP contribution >= 0.6 is 0 Å². The Morgan fingerprint density at radius 2 is 2.00 bits per heavy atom. The van der Waals surface area contributed by atoms with Crippen molar-refractivity contribution in [3.8, 4) is 35.8 Å². The Balaban J connectivity index is 2.18. The summed E-state index contributed by atoms with van der Waals surface area (Å²) in [5.74, 6) is 4.19. The Morgan fingerprint density at radius 1 is 1.24 bits per heavy atom. The first-order chi connectivity index (χ1) is 15.9. The molecule has 0 spiro atoms. The van der Waals surface area contributed by atoms with Gasteiger partial charge in [-0.15, -0.1) is 12.3 Å². The van der Waals surface area contributed by atoms with Crippen molar-refractivity contribution < 1.29 is 28.2 Å². The van der Waals surface area contributed by atoms with Crippen LogP contribution in [-0.4, -0.2) is 44.1 Å². The van der Waals surface area contributed by atoms with Crippen LogP contribution in [0.25, 0.3) is 0 Å². The highest BCUT2D eigenvalue weighted by atomic mass is 19.1. The van der Waals surface area contributed by atoms with Gasteiger partial charge < -0.3 is 19.9 Å². The molecule has 33 heavy (non-hydrogen) atoms. The van der Waals surface area contributed by atoms with Crippen LogP contribution in [0.1, 0.15) is 39.6 Å². The zero-order chi connectivity index (χ0) is 24.4. The minimum atomic E-state index is -0.636. The van der Waals surface area contributed by atoms with Gasteiger partial charge in [-0.3, -0.25) is 9.69 Å². The lowest BCUT2D eigenvalue weighted by Crippen LogP contribution is -2.28. The molecule has 0 atom stereocenters. The van der Waals surface area contributed by atoms with E-state index in [0.29, 0.717) is 17.7 Å². The molecule has 0 aliphatic heterocycles. The van der Waals surface area contributed by atoms with Crippen molar-refractivity contribution in [1.29, 1.82) is 0 Å². The molecule has 2 rings (SSSR count). The summed E-state index contributed by atoms with van der Waals surface area (Å²) in [6.45, 7) is 1.99. The molecule has 0 aliphatic carbocycles. The summed E-state index contributed by atoms with van der Waals surface area (Å²) in [4.78, 5) is 26.1. The second-order valence-electron chi connectivity index (χ2n) is 6.75. The first-order valence-electron chi connectivity index (χ1n) is 10.0. The number of carbonyl (C=O) groups excluding carboxylic acids is 2. The molecular weight excluding hydrogens is 427 g/mol. The van der Waals surface area contributed by atoms with E-state index in [1.165, 1.54) is 43.4 Å². The molecule has 7 nitrogen and oxygen atoms in total. The van der Waals surface area contributed by atoms with E-state index in [9.17, 15) is 14.0 Å². The Hall–Kier alpha value is -4.17. The highest BCUT2D eigenvalue weighted by Crippen LogP contribution is 2.38. The normalized spacial score (nSPS) is 9.79. The lowest BCUT2D eigenvalue weighted by molar-refractivity contribution is 0.0600. The SMILES string of the molecule is C#CCc1c(N)c(C(=O)OC)cc(OCCCN(C#CC)C(=O)c2cccc(F)c2)c1OC. The van der Waals surface area contributed by atoms with E-state index in [1.54, 1.807) is 6.92 Å². The van der Waals surface area contributed by atoms with Gasteiger partial charge in [-0.05, 0) is 25.1 Å². The number of hydrogen-bond acceptors (Lipinski definition) is 6. The first kappa shape index (κ1) is 25.1. The van der Waals surface area contributed by atoms with Gasteiger partial charge in [-0.25, -0.2) is 9.18 Å². The van der Waals surface area contributed by atoms with Crippen molar-refractivity contribution >= 4 is 17.6 Å². The molecule has 0 aliphatic rings. The molecule has 0 fully saturated rings. The fraction of sp³-hybridized carbons (Fsp3) is 0.280. The van der Waals surface area contributed by atoms with Crippen LogP contribution in [0.4, 0.5) is 10.1 Å². The molecule has 0 heterocycles. The molecule has 2 aromatic rings. The van der Waals surface area contributed by atoms with E-state index in [2.05, 4.69) is 17.9 Å². The van der Waals surface area contributed by atoms with Gasteiger partial charge in [-0.2, -0.15) is 0 Å². The molecule has 0 saturated carbocycles. The molecule has 2 N–H and O–H groups in total. The van der Waals surface area contributed by atoms with Crippen LogP contribution in [0.2, 0.25) is 0 Å². The predicted molar refractivity (Wildman–Crippen MR) is 122 cm³/mol. The smallest absolute Gasteiger partial charge is 0.340 e. The van der Waals surface area contributed by atoms with Crippen LogP contribution in [0.15, 0.2) is 30.3 Å². The summed E-state index contributed by atoms with van der Waals surface area (Å²) >= 11 is 0. The van der Waals surface area contributed by atoms with Crippen molar-refractivity contribution in [2.24, 2.45) is 0 Å². The van der Waals surface area contributed by atoms with Gasteiger partial charge >= 0.3 is 5.97 Å². The van der Waals surface area contributed by atoms with Gasteiger partial charge in [-0.1, -0.05) is 12.0 Å². The van der Waals surface area contributed by atoms with Crippen LogP contribution in [0, 0.1) is 30.1 Å². The van der Waals surface area contributed by atoms with Crippen molar-refractivity contribution in [3.05, 3.63) is 52.8 Å². The largest absolute Gasteiger partial charge is 0.492 e. The summed E-state index contributed by atoms with van der Waals surface area (Å²) < 4.78 is 29.5. The average Bonchev–Trinajstić information content (AvgIpc) is 2.81. The maximum Gasteiger partial charge on any atom is 0.340 e. The van der Waals surface area contributed by atoms with Crippen LogP contribution in [0.3, 0.4) is 0 Å². The van der Waals surface area contributed by atoms with Crippen LogP contribution in [-0.2, 0) is 11.2 Å². The van der Waals surface area contributed by atoms with E-state index < -0.39 is 17.7 Å². The van der Waals surface area contributed by atoms with Gasteiger partial charge in [0.15, 0.2) is 11.5 Å². The first-order valence-corrected chi connectivity index (χ1v) is 10.0. The number of amides is 1. The maximum atomic E-state index is 13.5. The zero-order valence-electron chi connectivity index (χ0n) is 18.7. The summed E-state index contributed by atoms with van der Waals surface area (Å²) in [6.07, 6.45) is 5.95. The average molecular weight is 452 g/mol. The number of nitrogens with zero attached hydrogens (tertiary/aromatic N) is 1. The van der Waals surface area contributed by atoms with Crippen molar-refractivity contribution in [2.45, 2.75) is 19.8 Å². The number of methoxy groups -OCH3 is 2. The standard InChI is InChI=1S/C25H25FN2O5/c1-5-9-19-22(27)20(25(30)32-4)16-21(23(19)31-3)33-14-8-13-28(12-6-2)24(29)17-10-7-11-18(26)15-17/h1,7,10-11,15-16H,8-9,13-14,27H2,2-4H3. The molecule has 0 saturated heterocycles. The van der Waals surface area contributed by atoms with Gasteiger partial charge in [0, 0.05) is 42.6 Å². The number of nitrogens with two attached hydrogens (primary N) is 1. The Labute approximate surface area is 192 Å². The topological polar surface area (TPSA) is 91.1 Å². The minimum Gasteiger partial charge on any atom is -0.492 e. The number of benzene rings is 2. The number of terminal acetylenes is 1. The third-order valence-electron chi connectivity index (χ3n) is 4.62. The number of nitrogen functional groups attached to an aromatic ring is 1. The minimum absolute atomic E-state index is 0.110. The molecule has 0 radical (unpaired) electrons. The molecule has 0 bridgehead atoms. The third-order valence-corrected chi connectivity index (χ3v) is 4.62. The molecule has 0 unspecified atom stereocenters. The van der Waals surface area contributed by atoms with E-state index >= 15 is 0 Å². The molecule has 0 aromatic heterocycles. The van der Waals surface area contributed by atoms with E-state index in [1.807, 2.05) is 0 Å². The summed E-state index contributed by atoms with van der Waals surface area (Å²) in [5, 5.41) is 0. The molecule has 1 amide bonds. The number of halogens is 1. The fourth-order valence-corrected chi connectivity index (χ4v) is 3.12. The molecular formula is C25H25FN2O5. The predicted octanol–water partition coefficient (Wildman–Crippen LogP) is 3.27. The summed E-state index contributed by atoms with van der Waals surface area (Å²) in [7, 11) is 2.68. The number of anilines is 1. The fourth-order valence-electron chi connectivity index (χ4n) is 3.12. The highest BCUT2D eigenvalue weighted by molar-refractivity contribution is 5.97. The van der Waals surface area contributed by atoms with Crippen molar-refractivity contribution in [3.63, 3.8) is 0 Å². The van der Waals surface area contributed by atoms with E-state index in [0.717, 1.165) is 6.07 Å². The van der Waals surface area contributed by atoms with Gasteiger partial charge in [0.1, 0.15) is 5.82 Å². The number of hydrogen-bond donors (Lipinski definition) is 1. The zero-order valence-corrected chi connectivity index (χ0v) is 18.7. The van der Waals surface area contributed by atoms with E-state index in [4.69, 9.17) is 26.4 Å². The Kier molecular flexibility index (Phi) is 9.14. The lowest BCUT2D eigenvalue weighted by Gasteiger charge is -2.19. The van der Waals surface area contributed by atoms with Crippen molar-refractivity contribution in [1.82, 2.24) is 4.90 Å². The highest BCUT2D eigenvalue weighted by Gasteiger charge is 2.22.